The predicted molar refractivity (Wildman–Crippen MR) is 73.5 cm³/mol. The van der Waals surface area contributed by atoms with Crippen molar-refractivity contribution in [3.8, 4) is 10.6 Å². The van der Waals surface area contributed by atoms with Gasteiger partial charge in [0.25, 0.3) is 0 Å². The number of aryl methyl sites for hydroxylation is 1. The summed E-state index contributed by atoms with van der Waals surface area (Å²) in [5, 5.41) is 0. The fourth-order valence-corrected chi connectivity index (χ4v) is 2.69. The van der Waals surface area contributed by atoms with E-state index in [4.69, 9.17) is 17.3 Å². The molecule has 0 fully saturated rings. The van der Waals surface area contributed by atoms with E-state index in [0.29, 0.717) is 5.82 Å². The zero-order chi connectivity index (χ0) is 12.4. The molecule has 0 amide bonds. The Kier molecular flexibility index (Phi) is 3.64. The van der Waals surface area contributed by atoms with E-state index in [2.05, 4.69) is 16.9 Å². The number of nitrogens with two attached hydrogens (primary N) is 1. The Morgan fingerprint density at radius 1 is 1.35 bits per heavy atom. The van der Waals surface area contributed by atoms with Gasteiger partial charge in [-0.3, -0.25) is 0 Å². The molecule has 3 nitrogen and oxygen atoms in total. The molecule has 2 aromatic rings. The van der Waals surface area contributed by atoms with Crippen molar-refractivity contribution in [2.24, 2.45) is 0 Å². The molecule has 0 saturated carbocycles. The normalized spacial score (nSPS) is 10.8. The van der Waals surface area contributed by atoms with E-state index in [1.807, 2.05) is 19.1 Å². The van der Waals surface area contributed by atoms with Gasteiger partial charge in [-0.25, -0.2) is 9.97 Å². The molecule has 0 aromatic carbocycles. The zero-order valence-electron chi connectivity index (χ0n) is 9.83. The molecule has 17 heavy (non-hydrogen) atoms. The maximum Gasteiger partial charge on any atom is 0.131 e. The van der Waals surface area contributed by atoms with Crippen molar-refractivity contribution in [1.29, 1.82) is 0 Å². The van der Waals surface area contributed by atoms with Gasteiger partial charge >= 0.3 is 0 Å². The minimum atomic E-state index is 0.558. The van der Waals surface area contributed by atoms with Crippen molar-refractivity contribution in [2.75, 3.05) is 5.73 Å². The number of rotatable bonds is 3. The van der Waals surface area contributed by atoms with Crippen molar-refractivity contribution in [2.45, 2.75) is 26.7 Å². The molecule has 0 aliphatic rings. The molecule has 0 radical (unpaired) electrons. The Labute approximate surface area is 110 Å². The minimum Gasteiger partial charge on any atom is -0.383 e. The second kappa shape index (κ2) is 5.02. The van der Waals surface area contributed by atoms with Gasteiger partial charge in [0.1, 0.15) is 11.6 Å². The first-order valence-corrected chi connectivity index (χ1v) is 6.70. The van der Waals surface area contributed by atoms with Crippen molar-refractivity contribution < 1.29 is 0 Å². The number of hydrogen-bond donors (Lipinski definition) is 1. The monoisotopic (exact) mass is 267 g/mol. The highest BCUT2D eigenvalue weighted by molar-refractivity contribution is 7.19. The summed E-state index contributed by atoms with van der Waals surface area (Å²) in [6.07, 6.45) is 1.85. The van der Waals surface area contributed by atoms with E-state index in [0.717, 1.165) is 39.1 Å². The second-order valence-electron chi connectivity index (χ2n) is 3.85. The molecule has 2 rings (SSSR count). The second-order valence-corrected chi connectivity index (χ2v) is 5.57. The van der Waals surface area contributed by atoms with E-state index in [-0.39, 0.29) is 0 Å². The van der Waals surface area contributed by atoms with E-state index in [1.165, 1.54) is 11.3 Å². The minimum absolute atomic E-state index is 0.558. The molecule has 2 aromatic heterocycles. The van der Waals surface area contributed by atoms with Gasteiger partial charge in [0, 0.05) is 12.0 Å². The summed E-state index contributed by atoms with van der Waals surface area (Å²) >= 11 is 7.46. The molecule has 0 saturated heterocycles. The number of hydrogen-bond acceptors (Lipinski definition) is 4. The van der Waals surface area contributed by atoms with Crippen LogP contribution in [0.25, 0.3) is 10.6 Å². The number of halogens is 1. The van der Waals surface area contributed by atoms with Crippen molar-refractivity contribution in [3.63, 3.8) is 0 Å². The van der Waals surface area contributed by atoms with E-state index >= 15 is 0 Å². The third kappa shape index (κ3) is 2.58. The van der Waals surface area contributed by atoms with E-state index < -0.39 is 0 Å². The largest absolute Gasteiger partial charge is 0.383 e. The SMILES string of the molecule is CCCc1nc(N)c(C)c(-c2ccc(Cl)s2)n1. The first-order valence-electron chi connectivity index (χ1n) is 5.50. The first-order chi connectivity index (χ1) is 8.11. The molecule has 0 spiro atoms. The molecule has 0 atom stereocenters. The molecule has 0 unspecified atom stereocenters. The molecule has 2 N–H and O–H groups in total. The summed E-state index contributed by atoms with van der Waals surface area (Å²) in [6.45, 7) is 4.04. The van der Waals surface area contributed by atoms with Crippen LogP contribution in [-0.2, 0) is 6.42 Å². The van der Waals surface area contributed by atoms with Gasteiger partial charge in [0.15, 0.2) is 0 Å². The summed E-state index contributed by atoms with van der Waals surface area (Å²) < 4.78 is 0.758. The third-order valence-electron chi connectivity index (χ3n) is 2.51. The van der Waals surface area contributed by atoms with Gasteiger partial charge in [0.05, 0.1) is 14.9 Å². The topological polar surface area (TPSA) is 51.8 Å². The maximum absolute atomic E-state index is 5.95. The van der Waals surface area contributed by atoms with Crippen LogP contribution in [0, 0.1) is 6.92 Å². The lowest BCUT2D eigenvalue weighted by molar-refractivity contribution is 0.836. The van der Waals surface area contributed by atoms with Crippen LogP contribution in [0.15, 0.2) is 12.1 Å². The van der Waals surface area contributed by atoms with E-state index in [1.54, 1.807) is 0 Å². The average molecular weight is 268 g/mol. The molecule has 5 heteroatoms. The first kappa shape index (κ1) is 12.3. The van der Waals surface area contributed by atoms with Crippen LogP contribution in [0.5, 0.6) is 0 Å². The Balaban J connectivity index is 2.52. The Morgan fingerprint density at radius 3 is 2.71 bits per heavy atom. The Bertz CT molecular complexity index is 537. The fraction of sp³-hybridized carbons (Fsp3) is 0.333. The number of thiophene rings is 1. The molecular weight excluding hydrogens is 254 g/mol. The van der Waals surface area contributed by atoms with Crippen LogP contribution >= 0.6 is 22.9 Å². The fourth-order valence-electron chi connectivity index (χ4n) is 1.60. The summed E-state index contributed by atoms with van der Waals surface area (Å²) in [4.78, 5) is 9.90. The number of nitrogens with zero attached hydrogens (tertiary/aromatic N) is 2. The summed E-state index contributed by atoms with van der Waals surface area (Å²) in [6, 6.07) is 3.84. The summed E-state index contributed by atoms with van der Waals surface area (Å²) in [5.41, 5.74) is 7.74. The zero-order valence-corrected chi connectivity index (χ0v) is 11.4. The van der Waals surface area contributed by atoms with Gasteiger partial charge in [-0.1, -0.05) is 18.5 Å². The van der Waals surface area contributed by atoms with Gasteiger partial charge in [-0.05, 0) is 25.5 Å². The average Bonchev–Trinajstić information content (AvgIpc) is 2.70. The Hall–Kier alpha value is -1.13. The third-order valence-corrected chi connectivity index (χ3v) is 3.75. The highest BCUT2D eigenvalue weighted by Crippen LogP contribution is 2.33. The van der Waals surface area contributed by atoms with Crippen molar-refractivity contribution >= 4 is 28.8 Å². The molecular formula is C12H14ClN3S. The molecule has 2 heterocycles. The van der Waals surface area contributed by atoms with Gasteiger partial charge in [0.2, 0.25) is 0 Å². The lowest BCUT2D eigenvalue weighted by atomic mass is 10.2. The van der Waals surface area contributed by atoms with Crippen LogP contribution in [0.4, 0.5) is 5.82 Å². The van der Waals surface area contributed by atoms with Crippen molar-refractivity contribution in [1.82, 2.24) is 9.97 Å². The van der Waals surface area contributed by atoms with Gasteiger partial charge < -0.3 is 5.73 Å². The highest BCUT2D eigenvalue weighted by Gasteiger charge is 2.12. The molecule has 0 aliphatic carbocycles. The predicted octanol–water partition coefficient (Wildman–Crippen LogP) is 3.70. The van der Waals surface area contributed by atoms with Crippen LogP contribution < -0.4 is 5.73 Å². The smallest absolute Gasteiger partial charge is 0.131 e. The quantitative estimate of drug-likeness (QED) is 0.922. The van der Waals surface area contributed by atoms with Crippen LogP contribution in [0.1, 0.15) is 24.7 Å². The van der Waals surface area contributed by atoms with Gasteiger partial charge in [-0.15, -0.1) is 11.3 Å². The standard InChI is InChI=1S/C12H14ClN3S/c1-3-4-10-15-11(7(2)12(14)16-10)8-5-6-9(13)17-8/h5-6H,3-4H2,1-2H3,(H2,14,15,16). The molecule has 90 valence electrons. The van der Waals surface area contributed by atoms with Gasteiger partial charge in [-0.2, -0.15) is 0 Å². The van der Waals surface area contributed by atoms with Crippen molar-refractivity contribution in [3.05, 3.63) is 27.9 Å². The molecule has 0 bridgehead atoms. The van der Waals surface area contributed by atoms with Crippen LogP contribution in [0.3, 0.4) is 0 Å². The number of anilines is 1. The highest BCUT2D eigenvalue weighted by atomic mass is 35.5. The maximum atomic E-state index is 5.95. The Morgan fingerprint density at radius 2 is 2.12 bits per heavy atom. The lowest BCUT2D eigenvalue weighted by Crippen LogP contribution is -2.04. The van der Waals surface area contributed by atoms with Crippen LogP contribution in [0.2, 0.25) is 4.34 Å². The lowest BCUT2D eigenvalue weighted by Gasteiger charge is -2.08. The number of nitrogen functional groups attached to an aromatic ring is 1. The summed E-state index contributed by atoms with van der Waals surface area (Å²) in [7, 11) is 0. The summed E-state index contributed by atoms with van der Waals surface area (Å²) in [5.74, 6) is 1.36. The van der Waals surface area contributed by atoms with Crippen LogP contribution in [-0.4, -0.2) is 9.97 Å². The number of aromatic nitrogens is 2. The van der Waals surface area contributed by atoms with E-state index in [9.17, 15) is 0 Å². The molecule has 0 aliphatic heterocycles.